The van der Waals surface area contributed by atoms with Crippen LogP contribution >= 0.6 is 12.4 Å². The van der Waals surface area contributed by atoms with Crippen molar-refractivity contribution in [2.24, 2.45) is 5.73 Å². The summed E-state index contributed by atoms with van der Waals surface area (Å²) in [6.07, 6.45) is 10.2. The molecule has 0 saturated heterocycles. The minimum absolute atomic E-state index is 0. The number of halogens is 1. The van der Waals surface area contributed by atoms with Crippen LogP contribution in [0.5, 0.6) is 0 Å². The van der Waals surface area contributed by atoms with Crippen molar-refractivity contribution in [2.45, 2.75) is 82.5 Å². The predicted octanol–water partition coefficient (Wildman–Crippen LogP) is 3.63. The second kappa shape index (κ2) is 7.07. The molecular formula is C15H26ClN3O2. The summed E-state index contributed by atoms with van der Waals surface area (Å²) in [5.41, 5.74) is 5.99. The molecule has 0 spiro atoms. The summed E-state index contributed by atoms with van der Waals surface area (Å²) >= 11 is 0. The number of aromatic nitrogens is 2. The van der Waals surface area contributed by atoms with Gasteiger partial charge in [0.05, 0.1) is 11.6 Å². The Labute approximate surface area is 132 Å². The molecule has 0 radical (unpaired) electrons. The molecule has 2 fully saturated rings. The zero-order valence-electron chi connectivity index (χ0n) is 12.7. The predicted molar refractivity (Wildman–Crippen MR) is 82.3 cm³/mol. The van der Waals surface area contributed by atoms with E-state index in [2.05, 4.69) is 17.1 Å². The van der Waals surface area contributed by atoms with Crippen LogP contribution in [0.3, 0.4) is 0 Å². The lowest BCUT2D eigenvalue weighted by Gasteiger charge is -2.19. The van der Waals surface area contributed by atoms with Gasteiger partial charge in [-0.2, -0.15) is 4.98 Å². The van der Waals surface area contributed by atoms with E-state index in [1.54, 1.807) is 0 Å². The molecule has 1 aromatic rings. The Morgan fingerprint density at radius 1 is 1.29 bits per heavy atom. The highest BCUT2D eigenvalue weighted by Gasteiger charge is 2.37. The summed E-state index contributed by atoms with van der Waals surface area (Å²) in [6.45, 7) is 2.09. The Hall–Kier alpha value is -0.650. The lowest BCUT2D eigenvalue weighted by Crippen LogP contribution is -2.34. The van der Waals surface area contributed by atoms with Crippen LogP contribution < -0.4 is 5.73 Å². The molecule has 2 aliphatic rings. The first-order valence-electron chi connectivity index (χ1n) is 8.00. The number of ether oxygens (including phenoxy) is 1. The Kier molecular flexibility index (Phi) is 5.63. The molecule has 0 aromatic carbocycles. The molecule has 2 N–H and O–H groups in total. The normalized spacial score (nSPS) is 23.1. The van der Waals surface area contributed by atoms with Gasteiger partial charge >= 0.3 is 0 Å². The number of rotatable bonds is 5. The summed E-state index contributed by atoms with van der Waals surface area (Å²) in [5.74, 6) is 1.27. The molecule has 1 atom stereocenters. The van der Waals surface area contributed by atoms with Crippen LogP contribution in [0.25, 0.3) is 0 Å². The van der Waals surface area contributed by atoms with Gasteiger partial charge in [-0.1, -0.05) is 37.8 Å². The second-order valence-electron chi connectivity index (χ2n) is 6.26. The topological polar surface area (TPSA) is 74.2 Å². The maximum Gasteiger partial charge on any atom is 0.255 e. The third-order valence-electron chi connectivity index (χ3n) is 4.69. The number of hydrogen-bond donors (Lipinski definition) is 1. The largest absolute Gasteiger partial charge is 0.365 e. The van der Waals surface area contributed by atoms with Crippen molar-refractivity contribution in [2.75, 3.05) is 0 Å². The quantitative estimate of drug-likeness (QED) is 0.898. The van der Waals surface area contributed by atoms with Crippen molar-refractivity contribution >= 4 is 12.4 Å². The second-order valence-corrected chi connectivity index (χ2v) is 6.26. The summed E-state index contributed by atoms with van der Waals surface area (Å²) in [7, 11) is 0. The fourth-order valence-electron chi connectivity index (χ4n) is 3.38. The first-order valence-corrected chi connectivity index (χ1v) is 8.00. The van der Waals surface area contributed by atoms with E-state index in [1.807, 2.05) is 0 Å². The minimum atomic E-state index is -0.382. The molecule has 2 aliphatic carbocycles. The summed E-state index contributed by atoms with van der Waals surface area (Å²) in [4.78, 5) is 4.55. The Balaban J connectivity index is 0.00000161. The SMILES string of the molecule is CCC(OC1CCCC1)c1nc(C2(N)CCCC2)no1.Cl. The molecule has 2 saturated carbocycles. The molecule has 6 heteroatoms. The van der Waals surface area contributed by atoms with E-state index in [0.717, 1.165) is 44.9 Å². The molecule has 5 nitrogen and oxygen atoms in total. The van der Waals surface area contributed by atoms with Gasteiger partial charge in [-0.3, -0.25) is 0 Å². The molecule has 21 heavy (non-hydrogen) atoms. The highest BCUT2D eigenvalue weighted by molar-refractivity contribution is 5.85. The van der Waals surface area contributed by atoms with Crippen LogP contribution in [0.15, 0.2) is 4.52 Å². The van der Waals surface area contributed by atoms with Crippen LogP contribution in [0, 0.1) is 0 Å². The van der Waals surface area contributed by atoms with Gasteiger partial charge in [0.1, 0.15) is 6.10 Å². The zero-order chi connectivity index (χ0) is 14.0. The number of hydrogen-bond acceptors (Lipinski definition) is 5. The van der Waals surface area contributed by atoms with Crippen LogP contribution in [-0.4, -0.2) is 16.2 Å². The zero-order valence-corrected chi connectivity index (χ0v) is 13.5. The monoisotopic (exact) mass is 315 g/mol. The fourth-order valence-corrected chi connectivity index (χ4v) is 3.38. The summed E-state index contributed by atoms with van der Waals surface area (Å²) in [5, 5.41) is 4.12. The first kappa shape index (κ1) is 16.7. The summed E-state index contributed by atoms with van der Waals surface area (Å²) < 4.78 is 11.6. The lowest BCUT2D eigenvalue weighted by molar-refractivity contribution is -0.0275. The van der Waals surface area contributed by atoms with Crippen molar-refractivity contribution in [1.82, 2.24) is 10.1 Å². The van der Waals surface area contributed by atoms with Gasteiger partial charge in [0.25, 0.3) is 5.89 Å². The van der Waals surface area contributed by atoms with Gasteiger partial charge < -0.3 is 15.0 Å². The Morgan fingerprint density at radius 2 is 1.95 bits per heavy atom. The van der Waals surface area contributed by atoms with Crippen LogP contribution in [0.4, 0.5) is 0 Å². The average Bonchev–Trinajstić information content (AvgIpc) is 3.17. The molecule has 1 unspecified atom stereocenters. The van der Waals surface area contributed by atoms with Gasteiger partial charge in [-0.05, 0) is 32.1 Å². The molecular weight excluding hydrogens is 290 g/mol. The van der Waals surface area contributed by atoms with Crippen molar-refractivity contribution in [3.63, 3.8) is 0 Å². The highest BCUT2D eigenvalue weighted by Crippen LogP contribution is 2.36. The van der Waals surface area contributed by atoms with Gasteiger partial charge in [0.2, 0.25) is 0 Å². The lowest BCUT2D eigenvalue weighted by atomic mass is 9.99. The van der Waals surface area contributed by atoms with E-state index >= 15 is 0 Å². The highest BCUT2D eigenvalue weighted by atomic mass is 35.5. The fraction of sp³-hybridized carbons (Fsp3) is 0.867. The van der Waals surface area contributed by atoms with E-state index in [0.29, 0.717) is 17.8 Å². The molecule has 1 aromatic heterocycles. The van der Waals surface area contributed by atoms with Gasteiger partial charge in [-0.25, -0.2) is 0 Å². The standard InChI is InChI=1S/C15H25N3O2.ClH/c1-2-12(19-11-7-3-4-8-11)13-17-14(18-20-13)15(16)9-5-6-10-15;/h11-12H,2-10,16H2,1H3;1H. The maximum absolute atomic E-state index is 6.37. The number of nitrogens with two attached hydrogens (primary N) is 1. The third kappa shape index (κ3) is 3.58. The van der Waals surface area contributed by atoms with E-state index in [-0.39, 0.29) is 24.0 Å². The van der Waals surface area contributed by atoms with Gasteiger partial charge in [0.15, 0.2) is 5.82 Å². The Bertz CT molecular complexity index is 440. The van der Waals surface area contributed by atoms with Crippen molar-refractivity contribution in [3.05, 3.63) is 11.7 Å². The minimum Gasteiger partial charge on any atom is -0.365 e. The van der Waals surface area contributed by atoms with E-state index < -0.39 is 0 Å². The average molecular weight is 316 g/mol. The van der Waals surface area contributed by atoms with E-state index in [9.17, 15) is 0 Å². The van der Waals surface area contributed by atoms with Crippen molar-refractivity contribution in [3.8, 4) is 0 Å². The van der Waals surface area contributed by atoms with E-state index in [4.69, 9.17) is 15.0 Å². The molecule has 0 aliphatic heterocycles. The van der Waals surface area contributed by atoms with Crippen LogP contribution in [0.1, 0.15) is 82.5 Å². The summed E-state index contributed by atoms with van der Waals surface area (Å²) in [6, 6.07) is 0. The smallest absolute Gasteiger partial charge is 0.255 e. The first-order chi connectivity index (χ1) is 9.71. The van der Waals surface area contributed by atoms with Crippen LogP contribution in [0.2, 0.25) is 0 Å². The molecule has 1 heterocycles. The van der Waals surface area contributed by atoms with Crippen LogP contribution in [-0.2, 0) is 10.3 Å². The van der Waals surface area contributed by atoms with Crippen molar-refractivity contribution in [1.29, 1.82) is 0 Å². The van der Waals surface area contributed by atoms with E-state index in [1.165, 1.54) is 12.8 Å². The number of nitrogens with zero attached hydrogens (tertiary/aromatic N) is 2. The molecule has 120 valence electrons. The van der Waals surface area contributed by atoms with Gasteiger partial charge in [0, 0.05) is 0 Å². The molecule has 0 bridgehead atoms. The molecule has 0 amide bonds. The third-order valence-corrected chi connectivity index (χ3v) is 4.69. The maximum atomic E-state index is 6.37. The molecule has 3 rings (SSSR count). The van der Waals surface area contributed by atoms with Crippen molar-refractivity contribution < 1.29 is 9.26 Å². The Morgan fingerprint density at radius 3 is 2.57 bits per heavy atom. The van der Waals surface area contributed by atoms with Gasteiger partial charge in [-0.15, -0.1) is 12.4 Å².